The summed E-state index contributed by atoms with van der Waals surface area (Å²) in [4.78, 5) is 13.4. The van der Waals surface area contributed by atoms with E-state index in [4.69, 9.17) is 18.9 Å². The lowest BCUT2D eigenvalue weighted by molar-refractivity contribution is 0.0515. The molecule has 5 aromatic rings. The van der Waals surface area contributed by atoms with Crippen molar-refractivity contribution < 1.29 is 23.7 Å². The second kappa shape index (κ2) is 11.3. The first kappa shape index (κ1) is 25.2. The number of esters is 1. The van der Waals surface area contributed by atoms with Crippen molar-refractivity contribution in [2.24, 2.45) is 0 Å². The molecular weight excluding hydrogens is 478 g/mol. The van der Waals surface area contributed by atoms with Crippen LogP contribution in [0.2, 0.25) is 0 Å². The minimum atomic E-state index is -0.376. The number of hydrogen-bond acceptors (Lipinski definition) is 5. The Morgan fingerprint density at radius 1 is 0.816 bits per heavy atom. The summed E-state index contributed by atoms with van der Waals surface area (Å²) in [6.45, 7) is 3.17. The summed E-state index contributed by atoms with van der Waals surface area (Å²) in [5, 5.41) is 3.17. The smallest absolute Gasteiger partial charge is 0.355 e. The van der Waals surface area contributed by atoms with Gasteiger partial charge in [0.15, 0.2) is 0 Å². The summed E-state index contributed by atoms with van der Waals surface area (Å²) in [6, 6.07) is 27.9. The number of carbonyl (C=O) groups is 1. The van der Waals surface area contributed by atoms with Crippen LogP contribution in [0.1, 0.15) is 23.8 Å². The molecule has 0 saturated carbocycles. The van der Waals surface area contributed by atoms with Crippen molar-refractivity contribution in [2.75, 3.05) is 27.4 Å². The maximum Gasteiger partial charge on any atom is 0.355 e. The molecule has 0 spiro atoms. The second-order valence-corrected chi connectivity index (χ2v) is 8.86. The molecule has 6 nitrogen and oxygen atoms in total. The number of fused-ring (bicyclic) bond motifs is 2. The summed E-state index contributed by atoms with van der Waals surface area (Å²) in [6.07, 6.45) is 0.697. The van der Waals surface area contributed by atoms with Crippen LogP contribution >= 0.6 is 0 Å². The standard InChI is InChI=1S/C32H31NO5/c1-4-37-32(34)31-30(26-21-23(35-2)17-18-28(26)36-3)25-14-7-8-15-27(25)33(31)19-10-20-38-29-16-9-12-22-11-5-6-13-24(22)29/h5-9,11-18,21H,4,10,19-20H2,1-3H3. The van der Waals surface area contributed by atoms with E-state index in [1.807, 2.05) is 78.2 Å². The zero-order valence-corrected chi connectivity index (χ0v) is 21.9. The van der Waals surface area contributed by atoms with E-state index in [-0.39, 0.29) is 12.6 Å². The van der Waals surface area contributed by atoms with Crippen molar-refractivity contribution in [1.82, 2.24) is 4.57 Å². The highest BCUT2D eigenvalue weighted by Crippen LogP contribution is 2.42. The maximum absolute atomic E-state index is 13.4. The van der Waals surface area contributed by atoms with E-state index in [1.165, 1.54) is 0 Å². The zero-order valence-electron chi connectivity index (χ0n) is 21.9. The largest absolute Gasteiger partial charge is 0.497 e. The molecule has 0 aliphatic carbocycles. The number of hydrogen-bond donors (Lipinski definition) is 0. The molecule has 38 heavy (non-hydrogen) atoms. The summed E-state index contributed by atoms with van der Waals surface area (Å²) < 4.78 is 25.0. The van der Waals surface area contributed by atoms with Crippen molar-refractivity contribution in [2.45, 2.75) is 19.9 Å². The van der Waals surface area contributed by atoms with Gasteiger partial charge >= 0.3 is 5.97 Å². The summed E-state index contributed by atoms with van der Waals surface area (Å²) in [5.41, 5.74) is 2.98. The molecule has 4 aromatic carbocycles. The molecule has 6 heteroatoms. The fourth-order valence-electron chi connectivity index (χ4n) is 4.96. The Morgan fingerprint density at radius 3 is 2.37 bits per heavy atom. The topological polar surface area (TPSA) is 58.9 Å². The lowest BCUT2D eigenvalue weighted by atomic mass is 10.0. The van der Waals surface area contributed by atoms with Crippen LogP contribution in [-0.2, 0) is 11.3 Å². The van der Waals surface area contributed by atoms with Crippen LogP contribution < -0.4 is 14.2 Å². The van der Waals surface area contributed by atoms with Gasteiger partial charge in [-0.25, -0.2) is 4.79 Å². The Labute approximate surface area is 222 Å². The molecule has 1 aromatic heterocycles. The minimum absolute atomic E-state index is 0.277. The normalized spacial score (nSPS) is 11.0. The van der Waals surface area contributed by atoms with E-state index >= 15 is 0 Å². The quantitative estimate of drug-likeness (QED) is 0.148. The number of methoxy groups -OCH3 is 2. The van der Waals surface area contributed by atoms with Crippen molar-refractivity contribution in [1.29, 1.82) is 0 Å². The predicted molar refractivity (Wildman–Crippen MR) is 150 cm³/mol. The molecule has 0 saturated heterocycles. The average Bonchev–Trinajstić information content (AvgIpc) is 3.29. The molecule has 0 amide bonds. The number of nitrogens with zero attached hydrogens (tertiary/aromatic N) is 1. The van der Waals surface area contributed by atoms with Gasteiger partial charge in [0.1, 0.15) is 22.9 Å². The van der Waals surface area contributed by atoms with Gasteiger partial charge in [0.25, 0.3) is 0 Å². The Morgan fingerprint density at radius 2 is 1.58 bits per heavy atom. The molecule has 0 atom stereocenters. The molecule has 5 rings (SSSR count). The number of carbonyl (C=O) groups excluding carboxylic acids is 1. The maximum atomic E-state index is 13.4. The van der Waals surface area contributed by atoms with E-state index in [2.05, 4.69) is 18.2 Å². The molecule has 194 valence electrons. The van der Waals surface area contributed by atoms with E-state index in [9.17, 15) is 4.79 Å². The van der Waals surface area contributed by atoms with E-state index in [0.29, 0.717) is 36.8 Å². The lowest BCUT2D eigenvalue weighted by Gasteiger charge is -2.14. The molecule has 0 aliphatic rings. The summed E-state index contributed by atoms with van der Waals surface area (Å²) >= 11 is 0. The van der Waals surface area contributed by atoms with Crippen LogP contribution in [0.3, 0.4) is 0 Å². The van der Waals surface area contributed by atoms with E-state index in [0.717, 1.165) is 38.6 Å². The minimum Gasteiger partial charge on any atom is -0.497 e. The molecule has 0 aliphatic heterocycles. The molecular formula is C32H31NO5. The van der Waals surface area contributed by atoms with Gasteiger partial charge in [0.2, 0.25) is 0 Å². The highest BCUT2D eigenvalue weighted by Gasteiger charge is 2.27. The molecule has 0 fully saturated rings. The number of aromatic nitrogens is 1. The first-order valence-corrected chi connectivity index (χ1v) is 12.8. The molecule has 0 bridgehead atoms. The third kappa shape index (κ3) is 4.77. The van der Waals surface area contributed by atoms with Crippen LogP contribution in [0.15, 0.2) is 84.9 Å². The van der Waals surface area contributed by atoms with Crippen molar-refractivity contribution in [3.8, 4) is 28.4 Å². The van der Waals surface area contributed by atoms with Gasteiger partial charge in [0.05, 0.1) is 27.4 Å². The lowest BCUT2D eigenvalue weighted by Crippen LogP contribution is -2.15. The molecule has 1 heterocycles. The number of benzene rings is 4. The Hall–Kier alpha value is -4.45. The van der Waals surface area contributed by atoms with Gasteiger partial charge in [-0.2, -0.15) is 0 Å². The number of aryl methyl sites for hydroxylation is 1. The summed E-state index contributed by atoms with van der Waals surface area (Å²) in [5.74, 6) is 1.81. The van der Waals surface area contributed by atoms with Gasteiger partial charge in [0, 0.05) is 34.0 Å². The van der Waals surface area contributed by atoms with Crippen LogP contribution in [0.4, 0.5) is 0 Å². The SMILES string of the molecule is CCOC(=O)c1c(-c2cc(OC)ccc2OC)c2ccccc2n1CCCOc1cccc2ccccc12. The Kier molecular flexibility index (Phi) is 7.50. The fourth-order valence-corrected chi connectivity index (χ4v) is 4.96. The Bertz CT molecular complexity index is 1580. The zero-order chi connectivity index (χ0) is 26.5. The van der Waals surface area contributed by atoms with Crippen molar-refractivity contribution in [3.63, 3.8) is 0 Å². The number of rotatable bonds is 10. The third-order valence-electron chi connectivity index (χ3n) is 6.65. The highest BCUT2D eigenvalue weighted by atomic mass is 16.5. The number of ether oxygens (including phenoxy) is 4. The highest BCUT2D eigenvalue weighted by molar-refractivity contribution is 6.09. The molecule has 0 radical (unpaired) electrons. The van der Waals surface area contributed by atoms with E-state index < -0.39 is 0 Å². The third-order valence-corrected chi connectivity index (χ3v) is 6.65. The summed E-state index contributed by atoms with van der Waals surface area (Å²) in [7, 11) is 3.25. The van der Waals surface area contributed by atoms with Crippen LogP contribution in [-0.4, -0.2) is 38.0 Å². The van der Waals surface area contributed by atoms with Gasteiger partial charge in [-0.05, 0) is 49.1 Å². The monoisotopic (exact) mass is 509 g/mol. The molecule has 0 unspecified atom stereocenters. The van der Waals surface area contributed by atoms with Crippen molar-refractivity contribution in [3.05, 3.63) is 90.6 Å². The van der Waals surface area contributed by atoms with E-state index in [1.54, 1.807) is 14.2 Å². The fraction of sp³-hybridized carbons (Fsp3) is 0.219. The van der Waals surface area contributed by atoms with Crippen LogP contribution in [0.5, 0.6) is 17.2 Å². The van der Waals surface area contributed by atoms with Gasteiger partial charge < -0.3 is 23.5 Å². The average molecular weight is 510 g/mol. The predicted octanol–water partition coefficient (Wildman–Crippen LogP) is 7.12. The van der Waals surface area contributed by atoms with Crippen LogP contribution in [0.25, 0.3) is 32.8 Å². The molecule has 0 N–H and O–H groups in total. The van der Waals surface area contributed by atoms with Gasteiger partial charge in [-0.15, -0.1) is 0 Å². The first-order valence-electron chi connectivity index (χ1n) is 12.8. The van der Waals surface area contributed by atoms with Crippen LogP contribution in [0, 0.1) is 0 Å². The first-order chi connectivity index (χ1) is 18.7. The van der Waals surface area contributed by atoms with Crippen molar-refractivity contribution >= 4 is 27.6 Å². The number of para-hydroxylation sites is 1. The Balaban J connectivity index is 1.53. The van der Waals surface area contributed by atoms with Gasteiger partial charge in [-0.1, -0.05) is 54.6 Å². The van der Waals surface area contributed by atoms with Gasteiger partial charge in [-0.3, -0.25) is 0 Å². The second-order valence-electron chi connectivity index (χ2n) is 8.86.